The molecule has 0 aromatic carbocycles. The highest BCUT2D eigenvalue weighted by Crippen LogP contribution is 2.30. The predicted molar refractivity (Wildman–Crippen MR) is 75.0 cm³/mol. The van der Waals surface area contributed by atoms with Crippen molar-refractivity contribution in [1.29, 1.82) is 0 Å². The van der Waals surface area contributed by atoms with Crippen molar-refractivity contribution >= 4 is 11.6 Å². The van der Waals surface area contributed by atoms with Crippen LogP contribution in [0.25, 0.3) is 0 Å². The van der Waals surface area contributed by atoms with Gasteiger partial charge in [0.1, 0.15) is 5.76 Å². The quantitative estimate of drug-likeness (QED) is 0.890. The fourth-order valence-corrected chi connectivity index (χ4v) is 2.65. The Morgan fingerprint density at radius 3 is 2.56 bits per heavy atom. The average Bonchev–Trinajstić information content (AvgIpc) is 2.77. The molecular formula is C14H23ClN2O. The zero-order chi connectivity index (χ0) is 13.0. The van der Waals surface area contributed by atoms with Gasteiger partial charge in [-0.3, -0.25) is 4.90 Å². The van der Waals surface area contributed by atoms with E-state index in [1.54, 1.807) is 0 Å². The third kappa shape index (κ3) is 3.74. The lowest BCUT2D eigenvalue weighted by molar-refractivity contribution is 0.141. The largest absolute Gasteiger partial charge is 0.448 e. The minimum atomic E-state index is 0.377. The highest BCUT2D eigenvalue weighted by Gasteiger charge is 2.24. The fourth-order valence-electron chi connectivity index (χ4n) is 2.50. The Hall–Kier alpha value is -0.510. The molecule has 1 aromatic rings. The molecule has 1 saturated heterocycles. The SMILES string of the molecule is CC(C)CC[C@H](c1ccc(Cl)o1)N1CCNCC1. The summed E-state index contributed by atoms with van der Waals surface area (Å²) in [6, 6.07) is 4.25. The molecule has 1 aliphatic rings. The van der Waals surface area contributed by atoms with Crippen LogP contribution in [0.1, 0.15) is 38.5 Å². The topological polar surface area (TPSA) is 28.4 Å². The minimum Gasteiger partial charge on any atom is -0.448 e. The van der Waals surface area contributed by atoms with Crippen molar-refractivity contribution in [2.45, 2.75) is 32.7 Å². The van der Waals surface area contributed by atoms with E-state index in [0.717, 1.165) is 44.3 Å². The standard InChI is InChI=1S/C14H23ClN2O/c1-11(2)3-4-12(13-5-6-14(15)18-13)17-9-7-16-8-10-17/h5-6,11-12,16H,3-4,7-10H2,1-2H3/t12-/m1/s1. The Kier molecular flexibility index (Phi) is 5.10. The van der Waals surface area contributed by atoms with Crippen LogP contribution in [-0.4, -0.2) is 31.1 Å². The maximum Gasteiger partial charge on any atom is 0.193 e. The van der Waals surface area contributed by atoms with E-state index in [1.807, 2.05) is 12.1 Å². The van der Waals surface area contributed by atoms with Gasteiger partial charge in [-0.2, -0.15) is 0 Å². The summed E-state index contributed by atoms with van der Waals surface area (Å²) in [5.41, 5.74) is 0. The molecule has 18 heavy (non-hydrogen) atoms. The van der Waals surface area contributed by atoms with Crippen LogP contribution in [0.2, 0.25) is 5.22 Å². The number of rotatable bonds is 5. The predicted octanol–water partition coefficient (Wildman–Crippen LogP) is 3.32. The highest BCUT2D eigenvalue weighted by molar-refractivity contribution is 6.28. The van der Waals surface area contributed by atoms with Crippen LogP contribution in [0.15, 0.2) is 16.5 Å². The summed E-state index contributed by atoms with van der Waals surface area (Å²) in [7, 11) is 0. The Balaban J connectivity index is 2.06. The number of hydrogen-bond donors (Lipinski definition) is 1. The molecular weight excluding hydrogens is 248 g/mol. The summed E-state index contributed by atoms with van der Waals surface area (Å²) < 4.78 is 5.63. The summed E-state index contributed by atoms with van der Waals surface area (Å²) in [6.45, 7) is 8.83. The second kappa shape index (κ2) is 6.60. The third-order valence-corrected chi connectivity index (χ3v) is 3.74. The third-order valence-electron chi connectivity index (χ3n) is 3.53. The molecule has 1 fully saturated rings. The Labute approximate surface area is 114 Å². The molecule has 0 saturated carbocycles. The zero-order valence-corrected chi connectivity index (χ0v) is 12.0. The molecule has 1 N–H and O–H groups in total. The lowest BCUT2D eigenvalue weighted by atomic mass is 10.00. The van der Waals surface area contributed by atoms with E-state index in [4.69, 9.17) is 16.0 Å². The highest BCUT2D eigenvalue weighted by atomic mass is 35.5. The molecule has 0 spiro atoms. The van der Waals surface area contributed by atoms with E-state index in [9.17, 15) is 0 Å². The van der Waals surface area contributed by atoms with Crippen molar-refractivity contribution in [3.8, 4) is 0 Å². The minimum absolute atomic E-state index is 0.377. The monoisotopic (exact) mass is 270 g/mol. The first-order valence-corrected chi connectivity index (χ1v) is 7.24. The number of furan rings is 1. The molecule has 3 nitrogen and oxygen atoms in total. The van der Waals surface area contributed by atoms with Gasteiger partial charge in [-0.15, -0.1) is 0 Å². The summed E-state index contributed by atoms with van der Waals surface area (Å²) >= 11 is 5.91. The van der Waals surface area contributed by atoms with Gasteiger partial charge in [-0.25, -0.2) is 0 Å². The number of nitrogens with zero attached hydrogens (tertiary/aromatic N) is 1. The summed E-state index contributed by atoms with van der Waals surface area (Å²) in [5.74, 6) is 1.74. The summed E-state index contributed by atoms with van der Waals surface area (Å²) in [4.78, 5) is 2.51. The molecule has 0 radical (unpaired) electrons. The Morgan fingerprint density at radius 1 is 1.28 bits per heavy atom. The molecule has 0 amide bonds. The van der Waals surface area contributed by atoms with Crippen LogP contribution >= 0.6 is 11.6 Å². The first-order valence-electron chi connectivity index (χ1n) is 6.87. The molecule has 1 aliphatic heterocycles. The second-order valence-corrected chi connectivity index (χ2v) is 5.79. The summed E-state index contributed by atoms with van der Waals surface area (Å²) in [6.07, 6.45) is 2.36. The average molecular weight is 271 g/mol. The molecule has 2 rings (SSSR count). The van der Waals surface area contributed by atoms with E-state index in [-0.39, 0.29) is 0 Å². The van der Waals surface area contributed by atoms with Gasteiger partial charge in [-0.1, -0.05) is 13.8 Å². The molecule has 102 valence electrons. The number of nitrogens with one attached hydrogen (secondary N) is 1. The Bertz CT molecular complexity index is 358. The van der Waals surface area contributed by atoms with Gasteiger partial charge < -0.3 is 9.73 Å². The van der Waals surface area contributed by atoms with Gasteiger partial charge in [0.2, 0.25) is 0 Å². The van der Waals surface area contributed by atoms with Crippen molar-refractivity contribution in [3.63, 3.8) is 0 Å². The number of hydrogen-bond acceptors (Lipinski definition) is 3. The van der Waals surface area contributed by atoms with Gasteiger partial charge in [0.05, 0.1) is 6.04 Å². The van der Waals surface area contributed by atoms with Crippen LogP contribution in [0.5, 0.6) is 0 Å². The second-order valence-electron chi connectivity index (χ2n) is 5.41. The fraction of sp³-hybridized carbons (Fsp3) is 0.714. The first-order chi connectivity index (χ1) is 8.66. The van der Waals surface area contributed by atoms with E-state index in [0.29, 0.717) is 11.3 Å². The van der Waals surface area contributed by atoms with Crippen molar-refractivity contribution in [1.82, 2.24) is 10.2 Å². The van der Waals surface area contributed by atoms with Gasteiger partial charge in [0.25, 0.3) is 0 Å². The molecule has 0 aliphatic carbocycles. The van der Waals surface area contributed by atoms with Gasteiger partial charge >= 0.3 is 0 Å². The molecule has 0 bridgehead atoms. The van der Waals surface area contributed by atoms with Crippen molar-refractivity contribution < 1.29 is 4.42 Å². The molecule has 2 heterocycles. The first kappa shape index (κ1) is 13.9. The number of halogens is 1. The van der Waals surface area contributed by atoms with E-state index in [2.05, 4.69) is 24.1 Å². The maximum atomic E-state index is 5.91. The maximum absolute atomic E-state index is 5.91. The van der Waals surface area contributed by atoms with E-state index < -0.39 is 0 Å². The lowest BCUT2D eigenvalue weighted by Gasteiger charge is -2.34. The smallest absolute Gasteiger partial charge is 0.193 e. The van der Waals surface area contributed by atoms with Crippen molar-refractivity contribution in [2.24, 2.45) is 5.92 Å². The summed E-state index contributed by atoms with van der Waals surface area (Å²) in [5, 5.41) is 3.89. The van der Waals surface area contributed by atoms with Crippen LogP contribution < -0.4 is 5.32 Å². The normalized spacial score (nSPS) is 19.3. The van der Waals surface area contributed by atoms with E-state index in [1.165, 1.54) is 6.42 Å². The van der Waals surface area contributed by atoms with E-state index >= 15 is 0 Å². The van der Waals surface area contributed by atoms with Gasteiger partial charge in [0.15, 0.2) is 5.22 Å². The number of piperazine rings is 1. The van der Waals surface area contributed by atoms with Crippen LogP contribution in [0.3, 0.4) is 0 Å². The molecule has 1 aromatic heterocycles. The molecule has 1 atom stereocenters. The zero-order valence-electron chi connectivity index (χ0n) is 11.3. The molecule has 4 heteroatoms. The van der Waals surface area contributed by atoms with Crippen molar-refractivity contribution in [2.75, 3.05) is 26.2 Å². The van der Waals surface area contributed by atoms with Crippen LogP contribution in [-0.2, 0) is 0 Å². The van der Waals surface area contributed by atoms with Crippen LogP contribution in [0.4, 0.5) is 0 Å². The Morgan fingerprint density at radius 2 is 2.00 bits per heavy atom. The van der Waals surface area contributed by atoms with Gasteiger partial charge in [-0.05, 0) is 42.5 Å². The van der Waals surface area contributed by atoms with Crippen LogP contribution in [0, 0.1) is 5.92 Å². The molecule has 0 unspecified atom stereocenters. The van der Waals surface area contributed by atoms with Gasteiger partial charge in [0, 0.05) is 26.2 Å². The lowest BCUT2D eigenvalue weighted by Crippen LogP contribution is -2.45. The van der Waals surface area contributed by atoms with Crippen molar-refractivity contribution in [3.05, 3.63) is 23.1 Å².